The normalized spacial score (nSPS) is 20.7. The van der Waals surface area contributed by atoms with Crippen LogP contribution in [0.25, 0.3) is 55.6 Å². The van der Waals surface area contributed by atoms with E-state index >= 15 is 13.2 Å². The van der Waals surface area contributed by atoms with Gasteiger partial charge in [-0.3, -0.25) is 0 Å². The van der Waals surface area contributed by atoms with Gasteiger partial charge >= 0.3 is 12.4 Å². The molecule has 0 radical (unpaired) electrons. The third kappa shape index (κ3) is 6.23. The molecule has 3 unspecified atom stereocenters. The average Bonchev–Trinajstić information content (AvgIpc) is 3.98. The van der Waals surface area contributed by atoms with E-state index in [9.17, 15) is 13.2 Å². The molecular formula is C68H60F6. The van der Waals surface area contributed by atoms with Crippen LogP contribution >= 0.6 is 0 Å². The predicted octanol–water partition coefficient (Wildman–Crippen LogP) is 19.2. The van der Waals surface area contributed by atoms with Crippen LogP contribution in [0.1, 0.15) is 142 Å². The van der Waals surface area contributed by atoms with Crippen LogP contribution in [0.3, 0.4) is 0 Å². The Morgan fingerprint density at radius 1 is 0.378 bits per heavy atom. The summed E-state index contributed by atoms with van der Waals surface area (Å²) >= 11 is 0. The van der Waals surface area contributed by atoms with E-state index in [1.807, 2.05) is 36.4 Å². The molecule has 74 heavy (non-hydrogen) atoms. The van der Waals surface area contributed by atoms with Gasteiger partial charge in [0.1, 0.15) is 10.8 Å². The van der Waals surface area contributed by atoms with Gasteiger partial charge in [-0.25, -0.2) is 0 Å². The van der Waals surface area contributed by atoms with Crippen LogP contribution in [0.2, 0.25) is 0 Å². The fraction of sp³-hybridized carbons (Fsp3) is 0.294. The quantitative estimate of drug-likeness (QED) is 0.120. The molecule has 0 N–H and O–H groups in total. The largest absolute Gasteiger partial charge is 0.402 e. The molecule has 4 aliphatic carbocycles. The summed E-state index contributed by atoms with van der Waals surface area (Å²) in [5.74, 6) is 0. The topological polar surface area (TPSA) is 0 Å². The van der Waals surface area contributed by atoms with E-state index in [0.29, 0.717) is 44.5 Å². The molecule has 8 aromatic carbocycles. The Morgan fingerprint density at radius 2 is 0.811 bits per heavy atom. The van der Waals surface area contributed by atoms with Crippen molar-refractivity contribution in [3.63, 3.8) is 0 Å². The zero-order valence-electron chi connectivity index (χ0n) is 43.1. The molecule has 0 amide bonds. The second kappa shape index (κ2) is 16.4. The maximum absolute atomic E-state index is 15.2. The summed E-state index contributed by atoms with van der Waals surface area (Å²) in [5.41, 5.74) is 14.0. The van der Waals surface area contributed by atoms with Gasteiger partial charge in [-0.2, -0.15) is 26.3 Å². The first-order chi connectivity index (χ1) is 35.4. The maximum Gasteiger partial charge on any atom is 0.402 e. The Hall–Kier alpha value is -6.66. The van der Waals surface area contributed by atoms with Gasteiger partial charge in [0.2, 0.25) is 0 Å². The van der Waals surface area contributed by atoms with Crippen molar-refractivity contribution in [2.75, 3.05) is 0 Å². The van der Waals surface area contributed by atoms with Crippen molar-refractivity contribution < 1.29 is 26.3 Å². The number of hydrogen-bond donors (Lipinski definition) is 0. The summed E-state index contributed by atoms with van der Waals surface area (Å²) in [6, 6.07) is 54.4. The average molecular weight is 991 g/mol. The third-order valence-electron chi connectivity index (χ3n) is 19.5. The number of alkyl halides is 6. The number of rotatable bonds is 10. The molecule has 0 aliphatic heterocycles. The minimum atomic E-state index is -4.46. The lowest BCUT2D eigenvalue weighted by Gasteiger charge is -2.46. The van der Waals surface area contributed by atoms with Crippen LogP contribution in [0.5, 0.6) is 0 Å². The van der Waals surface area contributed by atoms with Gasteiger partial charge in [-0.15, -0.1) is 0 Å². The Bertz CT molecular complexity index is 3570. The van der Waals surface area contributed by atoms with Crippen LogP contribution < -0.4 is 0 Å². The molecule has 0 nitrogen and oxygen atoms in total. The molecule has 0 heterocycles. The minimum absolute atomic E-state index is 0.179. The number of halogens is 6. The molecule has 3 atom stereocenters. The van der Waals surface area contributed by atoms with Crippen molar-refractivity contribution in [3.8, 4) is 55.6 Å². The Balaban J connectivity index is 0.850. The second-order valence-corrected chi connectivity index (χ2v) is 22.0. The van der Waals surface area contributed by atoms with Crippen LogP contribution in [0, 0.1) is 0 Å². The number of hydrogen-bond acceptors (Lipinski definition) is 0. The van der Waals surface area contributed by atoms with Gasteiger partial charge in [0.05, 0.1) is 0 Å². The van der Waals surface area contributed by atoms with E-state index in [-0.39, 0.29) is 10.8 Å². The molecule has 0 spiro atoms. The monoisotopic (exact) mass is 990 g/mol. The Morgan fingerprint density at radius 3 is 1.32 bits per heavy atom. The molecule has 4 aliphatic rings. The van der Waals surface area contributed by atoms with Gasteiger partial charge in [0.15, 0.2) is 0 Å². The summed E-state index contributed by atoms with van der Waals surface area (Å²) < 4.78 is 90.3. The number of fused-ring (bicyclic) bond motifs is 10. The second-order valence-electron chi connectivity index (χ2n) is 22.0. The molecule has 0 aromatic heterocycles. The maximum atomic E-state index is 15.2. The van der Waals surface area contributed by atoms with Crippen LogP contribution in [-0.4, -0.2) is 12.4 Å². The minimum Gasteiger partial charge on any atom is -0.170 e. The molecular weight excluding hydrogens is 931 g/mol. The molecule has 6 heteroatoms. The smallest absolute Gasteiger partial charge is 0.170 e. The Labute approximate surface area is 431 Å². The zero-order valence-corrected chi connectivity index (χ0v) is 43.1. The standard InChI is InChI=1S/C68H60F6/c1-8-64(9-2,48-31-34-52-50-18-14-16-20-56(50)63(7,59(52)38-48)68(72,73)74)46-27-21-42(22-28-46)44-26-33-53-54-35-45-40-66(12-5,57(45)39-61(54)65(10-3,11-4)60(53)37-44)47-29-23-41(24-30-47)43-25-32-51-49-17-13-15-19-55(49)62(6,58(51)36-43)67(69,70)71/h13-39H,8-12,40H2,1-7H3. The first kappa shape index (κ1) is 48.3. The van der Waals surface area contributed by atoms with Gasteiger partial charge in [-0.05, 0) is 181 Å². The fourth-order valence-corrected chi connectivity index (χ4v) is 14.7. The molecule has 0 saturated heterocycles. The third-order valence-corrected chi connectivity index (χ3v) is 19.5. The summed E-state index contributed by atoms with van der Waals surface area (Å²) in [5, 5.41) is 0. The first-order valence-electron chi connectivity index (χ1n) is 26.6. The molecule has 12 rings (SSSR count). The lowest BCUT2D eigenvalue weighted by Crippen LogP contribution is -2.40. The van der Waals surface area contributed by atoms with E-state index in [1.165, 1.54) is 52.8 Å². The van der Waals surface area contributed by atoms with Crippen LogP contribution in [-0.2, 0) is 33.5 Å². The van der Waals surface area contributed by atoms with E-state index in [0.717, 1.165) is 71.9 Å². The predicted molar refractivity (Wildman–Crippen MR) is 289 cm³/mol. The van der Waals surface area contributed by atoms with E-state index in [4.69, 9.17) is 0 Å². The van der Waals surface area contributed by atoms with Crippen molar-refractivity contribution in [1.82, 2.24) is 0 Å². The van der Waals surface area contributed by atoms with Crippen molar-refractivity contribution in [3.05, 3.63) is 225 Å². The highest BCUT2D eigenvalue weighted by Crippen LogP contribution is 2.61. The van der Waals surface area contributed by atoms with Crippen LogP contribution in [0.15, 0.2) is 164 Å². The van der Waals surface area contributed by atoms with Crippen molar-refractivity contribution in [2.24, 2.45) is 0 Å². The van der Waals surface area contributed by atoms with Gasteiger partial charge in [0.25, 0.3) is 0 Å². The Kier molecular flexibility index (Phi) is 10.7. The van der Waals surface area contributed by atoms with Crippen LogP contribution in [0.4, 0.5) is 26.3 Å². The fourth-order valence-electron chi connectivity index (χ4n) is 14.7. The summed E-state index contributed by atoms with van der Waals surface area (Å²) in [6.07, 6.45) is -3.75. The van der Waals surface area contributed by atoms with E-state index in [2.05, 4.69) is 120 Å². The summed E-state index contributed by atoms with van der Waals surface area (Å²) in [7, 11) is 0. The molecule has 0 fully saturated rings. The molecule has 8 aromatic rings. The van der Waals surface area contributed by atoms with Crippen molar-refractivity contribution in [2.45, 2.75) is 126 Å². The van der Waals surface area contributed by atoms with E-state index < -0.39 is 28.6 Å². The summed E-state index contributed by atoms with van der Waals surface area (Å²) in [6.45, 7) is 13.8. The number of benzene rings is 8. The van der Waals surface area contributed by atoms with Gasteiger partial charge in [-0.1, -0.05) is 186 Å². The van der Waals surface area contributed by atoms with Crippen molar-refractivity contribution in [1.29, 1.82) is 0 Å². The SMILES string of the molecule is CCC(CC)(c1ccc(-c2ccc3c(c2)C(CC)(CC)c2cc4c(cc2-3)CC4(CC)c2ccc(-c3ccc4c(c3)C(C)(C(F)(F)F)c3ccccc3-4)cc2)cc1)c1ccc2c(c1)C(C)(C(F)(F)F)c1ccccc1-2. The van der Waals surface area contributed by atoms with Crippen molar-refractivity contribution >= 4 is 0 Å². The van der Waals surface area contributed by atoms with Gasteiger partial charge in [0, 0.05) is 16.2 Å². The van der Waals surface area contributed by atoms with E-state index in [1.54, 1.807) is 42.5 Å². The summed E-state index contributed by atoms with van der Waals surface area (Å²) in [4.78, 5) is 0. The molecule has 0 bridgehead atoms. The zero-order chi connectivity index (χ0) is 52.0. The highest BCUT2D eigenvalue weighted by atomic mass is 19.4. The lowest BCUT2D eigenvalue weighted by molar-refractivity contribution is -0.172. The molecule has 374 valence electrons. The lowest BCUT2D eigenvalue weighted by atomic mass is 9.57. The first-order valence-corrected chi connectivity index (χ1v) is 26.6. The molecule has 0 saturated carbocycles. The van der Waals surface area contributed by atoms with Gasteiger partial charge < -0.3 is 0 Å². The highest BCUT2D eigenvalue weighted by Gasteiger charge is 2.59. The highest BCUT2D eigenvalue weighted by molar-refractivity contribution is 5.87.